The van der Waals surface area contributed by atoms with Crippen molar-refractivity contribution < 1.29 is 9.53 Å². The molecule has 0 atom stereocenters. The number of hydrogen-bond donors (Lipinski definition) is 1. The van der Waals surface area contributed by atoms with E-state index in [-0.39, 0.29) is 11.4 Å². The summed E-state index contributed by atoms with van der Waals surface area (Å²) in [7, 11) is 0. The smallest absolute Gasteiger partial charge is 0.251 e. The third kappa shape index (κ3) is 5.54. The van der Waals surface area contributed by atoms with Crippen LogP contribution in [0.4, 0.5) is 0 Å². The van der Waals surface area contributed by atoms with Gasteiger partial charge >= 0.3 is 0 Å². The molecule has 0 spiro atoms. The minimum absolute atomic E-state index is 0.0755. The summed E-state index contributed by atoms with van der Waals surface area (Å²) in [4.78, 5) is 12.0. The Morgan fingerprint density at radius 2 is 2.11 bits per heavy atom. The Kier molecular flexibility index (Phi) is 5.66. The SMILES string of the molecule is CC(C)(C)NC(=O)c1cccc(OCCCBr)c1. The fraction of sp³-hybridized carbons (Fsp3) is 0.500. The van der Waals surface area contributed by atoms with Gasteiger partial charge in [0.15, 0.2) is 0 Å². The number of carbonyl (C=O) groups excluding carboxylic acids is 1. The zero-order chi connectivity index (χ0) is 13.6. The molecular formula is C14H20BrNO2. The number of ether oxygens (including phenoxy) is 1. The fourth-order valence-electron chi connectivity index (χ4n) is 1.38. The van der Waals surface area contributed by atoms with Crippen LogP contribution < -0.4 is 10.1 Å². The molecule has 1 N–H and O–H groups in total. The normalized spacial score (nSPS) is 11.1. The lowest BCUT2D eigenvalue weighted by Gasteiger charge is -2.20. The summed E-state index contributed by atoms with van der Waals surface area (Å²) in [6.07, 6.45) is 0.943. The second-order valence-electron chi connectivity index (χ2n) is 5.12. The van der Waals surface area contributed by atoms with Crippen LogP contribution in [0.5, 0.6) is 5.75 Å². The summed E-state index contributed by atoms with van der Waals surface area (Å²) in [5.74, 6) is 0.658. The maximum absolute atomic E-state index is 12.0. The Balaban J connectivity index is 2.66. The van der Waals surface area contributed by atoms with Gasteiger partial charge in [-0.2, -0.15) is 0 Å². The lowest BCUT2D eigenvalue weighted by atomic mass is 10.1. The van der Waals surface area contributed by atoms with E-state index in [9.17, 15) is 4.79 Å². The zero-order valence-electron chi connectivity index (χ0n) is 11.1. The summed E-state index contributed by atoms with van der Waals surface area (Å²) in [6, 6.07) is 7.26. The number of amides is 1. The van der Waals surface area contributed by atoms with E-state index >= 15 is 0 Å². The third-order valence-corrected chi connectivity index (χ3v) is 2.69. The molecule has 100 valence electrons. The summed E-state index contributed by atoms with van der Waals surface area (Å²) >= 11 is 3.35. The molecule has 4 heteroatoms. The van der Waals surface area contributed by atoms with Crippen molar-refractivity contribution in [2.75, 3.05) is 11.9 Å². The van der Waals surface area contributed by atoms with E-state index in [1.807, 2.05) is 32.9 Å². The van der Waals surface area contributed by atoms with Crippen LogP contribution in [-0.2, 0) is 0 Å². The Labute approximate surface area is 117 Å². The highest BCUT2D eigenvalue weighted by molar-refractivity contribution is 9.09. The highest BCUT2D eigenvalue weighted by atomic mass is 79.9. The van der Waals surface area contributed by atoms with Gasteiger partial charge in [0.05, 0.1) is 6.61 Å². The van der Waals surface area contributed by atoms with Crippen LogP contribution in [0.3, 0.4) is 0 Å². The molecule has 0 aliphatic heterocycles. The molecule has 1 aromatic carbocycles. The molecule has 1 amide bonds. The largest absolute Gasteiger partial charge is 0.494 e. The van der Waals surface area contributed by atoms with Crippen molar-refractivity contribution >= 4 is 21.8 Å². The Hall–Kier alpha value is -1.03. The predicted octanol–water partition coefficient (Wildman–Crippen LogP) is 3.38. The van der Waals surface area contributed by atoms with Crippen LogP contribution in [0, 0.1) is 0 Å². The number of nitrogens with one attached hydrogen (secondary N) is 1. The van der Waals surface area contributed by atoms with Gasteiger partial charge in [-0.1, -0.05) is 22.0 Å². The molecule has 0 aromatic heterocycles. The van der Waals surface area contributed by atoms with Gasteiger partial charge < -0.3 is 10.1 Å². The molecule has 0 saturated carbocycles. The first-order valence-electron chi connectivity index (χ1n) is 6.04. The quantitative estimate of drug-likeness (QED) is 0.668. The van der Waals surface area contributed by atoms with Crippen molar-refractivity contribution in [3.63, 3.8) is 0 Å². The number of rotatable bonds is 5. The summed E-state index contributed by atoms with van der Waals surface area (Å²) in [5, 5.41) is 3.84. The molecule has 0 radical (unpaired) electrons. The average Bonchev–Trinajstić information content (AvgIpc) is 2.27. The Morgan fingerprint density at radius 1 is 1.39 bits per heavy atom. The van der Waals surface area contributed by atoms with E-state index in [1.165, 1.54) is 0 Å². The van der Waals surface area contributed by atoms with Gasteiger partial charge in [0.1, 0.15) is 5.75 Å². The molecule has 0 aliphatic carbocycles. The summed E-state index contributed by atoms with van der Waals surface area (Å²) < 4.78 is 5.56. The van der Waals surface area contributed by atoms with Crippen molar-refractivity contribution in [3.05, 3.63) is 29.8 Å². The zero-order valence-corrected chi connectivity index (χ0v) is 12.7. The molecule has 0 saturated heterocycles. The molecule has 0 heterocycles. The van der Waals surface area contributed by atoms with E-state index < -0.39 is 0 Å². The topological polar surface area (TPSA) is 38.3 Å². The molecular weight excluding hydrogens is 294 g/mol. The molecule has 1 rings (SSSR count). The standard InChI is InChI=1S/C14H20BrNO2/c1-14(2,3)16-13(17)11-6-4-7-12(10-11)18-9-5-8-15/h4,6-7,10H,5,8-9H2,1-3H3,(H,16,17). The first kappa shape index (κ1) is 15.0. The molecule has 0 aliphatic rings. The average molecular weight is 314 g/mol. The molecule has 18 heavy (non-hydrogen) atoms. The van der Waals surface area contributed by atoms with Crippen molar-refractivity contribution in [3.8, 4) is 5.75 Å². The molecule has 3 nitrogen and oxygen atoms in total. The molecule has 0 bridgehead atoms. The van der Waals surface area contributed by atoms with Gasteiger partial charge in [-0.3, -0.25) is 4.79 Å². The van der Waals surface area contributed by atoms with E-state index in [0.29, 0.717) is 12.2 Å². The Morgan fingerprint density at radius 3 is 2.72 bits per heavy atom. The Bertz CT molecular complexity index is 399. The van der Waals surface area contributed by atoms with Crippen molar-refractivity contribution in [1.82, 2.24) is 5.32 Å². The highest BCUT2D eigenvalue weighted by Gasteiger charge is 2.15. The number of alkyl halides is 1. The van der Waals surface area contributed by atoms with Gasteiger partial charge in [-0.05, 0) is 45.4 Å². The number of halogens is 1. The highest BCUT2D eigenvalue weighted by Crippen LogP contribution is 2.14. The third-order valence-electron chi connectivity index (χ3n) is 2.13. The first-order valence-corrected chi connectivity index (χ1v) is 7.16. The van der Waals surface area contributed by atoms with Crippen LogP contribution in [0.1, 0.15) is 37.6 Å². The van der Waals surface area contributed by atoms with Crippen molar-refractivity contribution in [2.24, 2.45) is 0 Å². The van der Waals surface area contributed by atoms with Crippen LogP contribution >= 0.6 is 15.9 Å². The minimum atomic E-state index is -0.232. The van der Waals surface area contributed by atoms with E-state index in [1.54, 1.807) is 12.1 Å². The minimum Gasteiger partial charge on any atom is -0.494 e. The van der Waals surface area contributed by atoms with E-state index in [2.05, 4.69) is 21.2 Å². The number of benzene rings is 1. The van der Waals surface area contributed by atoms with Gasteiger partial charge in [0.25, 0.3) is 5.91 Å². The summed E-state index contributed by atoms with van der Waals surface area (Å²) in [5.41, 5.74) is 0.394. The van der Waals surface area contributed by atoms with Crippen molar-refractivity contribution in [1.29, 1.82) is 0 Å². The second-order valence-corrected chi connectivity index (χ2v) is 5.92. The second kappa shape index (κ2) is 6.78. The van der Waals surface area contributed by atoms with Gasteiger partial charge in [0.2, 0.25) is 0 Å². The fourth-order valence-corrected chi connectivity index (χ4v) is 1.61. The summed E-state index contributed by atoms with van der Waals surface area (Å²) in [6.45, 7) is 6.53. The maximum Gasteiger partial charge on any atom is 0.251 e. The van der Waals surface area contributed by atoms with Gasteiger partial charge in [-0.15, -0.1) is 0 Å². The lowest BCUT2D eigenvalue weighted by molar-refractivity contribution is 0.0919. The number of hydrogen-bond acceptors (Lipinski definition) is 2. The maximum atomic E-state index is 12.0. The first-order chi connectivity index (χ1) is 8.42. The van der Waals surface area contributed by atoms with Crippen LogP contribution in [0.15, 0.2) is 24.3 Å². The van der Waals surface area contributed by atoms with Gasteiger partial charge in [0, 0.05) is 16.4 Å². The van der Waals surface area contributed by atoms with Crippen LogP contribution in [0.25, 0.3) is 0 Å². The molecule has 0 unspecified atom stereocenters. The predicted molar refractivity (Wildman–Crippen MR) is 77.6 cm³/mol. The molecule has 1 aromatic rings. The molecule has 0 fully saturated rings. The van der Waals surface area contributed by atoms with Gasteiger partial charge in [-0.25, -0.2) is 0 Å². The van der Waals surface area contributed by atoms with Crippen LogP contribution in [-0.4, -0.2) is 23.4 Å². The van der Waals surface area contributed by atoms with E-state index in [4.69, 9.17) is 4.74 Å². The van der Waals surface area contributed by atoms with Crippen molar-refractivity contribution in [2.45, 2.75) is 32.7 Å². The number of carbonyl (C=O) groups is 1. The van der Waals surface area contributed by atoms with E-state index in [0.717, 1.165) is 17.5 Å². The monoisotopic (exact) mass is 313 g/mol. The van der Waals surface area contributed by atoms with Crippen LogP contribution in [0.2, 0.25) is 0 Å². The lowest BCUT2D eigenvalue weighted by Crippen LogP contribution is -2.40.